The van der Waals surface area contributed by atoms with Crippen LogP contribution in [-0.4, -0.2) is 0 Å². The number of hydrogen-bond donors (Lipinski definition) is 3. The summed E-state index contributed by atoms with van der Waals surface area (Å²) in [6.07, 6.45) is 0. The van der Waals surface area contributed by atoms with Gasteiger partial charge >= 0.3 is 0 Å². The predicted octanol–water partition coefficient (Wildman–Crippen LogP) is 6.05. The van der Waals surface area contributed by atoms with Crippen molar-refractivity contribution < 1.29 is 0 Å². The zero-order valence-electron chi connectivity index (χ0n) is 14.7. The van der Waals surface area contributed by atoms with Gasteiger partial charge in [-0.3, -0.25) is 0 Å². The van der Waals surface area contributed by atoms with Crippen LogP contribution >= 0.6 is 0 Å². The van der Waals surface area contributed by atoms with Crippen LogP contribution in [0.25, 0.3) is 32.3 Å². The predicted molar refractivity (Wildman–Crippen MR) is 118 cm³/mol. The Hall–Kier alpha value is -3.72. The first kappa shape index (κ1) is 15.5. The van der Waals surface area contributed by atoms with Crippen molar-refractivity contribution in [1.29, 1.82) is 0 Å². The van der Waals surface area contributed by atoms with Crippen LogP contribution in [0.2, 0.25) is 0 Å². The molecular weight excluding hydrogens is 330 g/mol. The van der Waals surface area contributed by atoms with Crippen molar-refractivity contribution in [2.45, 2.75) is 0 Å². The van der Waals surface area contributed by atoms with Gasteiger partial charge < -0.3 is 16.8 Å². The van der Waals surface area contributed by atoms with Crippen LogP contribution in [0.1, 0.15) is 0 Å². The molecule has 0 spiro atoms. The maximum Gasteiger partial charge on any atom is 0.0470 e. The van der Waals surface area contributed by atoms with Gasteiger partial charge in [-0.2, -0.15) is 0 Å². The fourth-order valence-corrected chi connectivity index (χ4v) is 3.81. The summed E-state index contributed by atoms with van der Waals surface area (Å²) in [4.78, 5) is 0. The minimum absolute atomic E-state index is 0.647. The summed E-state index contributed by atoms with van der Waals surface area (Å²) >= 11 is 0. The number of hydrogen-bond acceptors (Lipinski definition) is 3. The van der Waals surface area contributed by atoms with Crippen LogP contribution in [0, 0.1) is 0 Å². The normalized spacial score (nSPS) is 11.3. The summed E-state index contributed by atoms with van der Waals surface area (Å²) in [5.74, 6) is 0. The minimum Gasteiger partial charge on any atom is -0.399 e. The first-order chi connectivity index (χ1) is 13.2. The standard InChI is InChI=1S/C24H19N3/c25-19-12-20(26)14-21(13-19)27-23-7-3-6-15-8-9-18-10-16-4-1-2-5-17(16)11-22(18)24(15)23/h1-14,27H,25-26H2. The minimum atomic E-state index is 0.647. The molecule has 0 heterocycles. The number of anilines is 4. The van der Waals surface area contributed by atoms with E-state index in [2.05, 4.69) is 72.0 Å². The van der Waals surface area contributed by atoms with E-state index in [1.54, 1.807) is 6.07 Å². The number of nitrogen functional groups attached to an aromatic ring is 2. The van der Waals surface area contributed by atoms with Crippen molar-refractivity contribution in [3.05, 3.63) is 84.9 Å². The molecule has 0 saturated carbocycles. The molecular formula is C24H19N3. The van der Waals surface area contributed by atoms with E-state index in [1.807, 2.05) is 12.1 Å². The van der Waals surface area contributed by atoms with Gasteiger partial charge in [0.1, 0.15) is 0 Å². The number of benzene rings is 5. The van der Waals surface area contributed by atoms with Gasteiger partial charge in [-0.1, -0.05) is 48.5 Å². The van der Waals surface area contributed by atoms with Crippen molar-refractivity contribution in [3.63, 3.8) is 0 Å². The molecule has 0 radical (unpaired) electrons. The third kappa shape index (κ3) is 2.70. The van der Waals surface area contributed by atoms with Gasteiger partial charge in [0.2, 0.25) is 0 Å². The lowest BCUT2D eigenvalue weighted by Gasteiger charge is -2.14. The Bertz CT molecular complexity index is 1300. The lowest BCUT2D eigenvalue weighted by molar-refractivity contribution is 1.57. The van der Waals surface area contributed by atoms with Crippen LogP contribution in [0.5, 0.6) is 0 Å². The molecule has 0 aliphatic heterocycles. The molecule has 27 heavy (non-hydrogen) atoms. The van der Waals surface area contributed by atoms with Crippen molar-refractivity contribution >= 4 is 55.1 Å². The Labute approximate surface area is 157 Å². The zero-order valence-corrected chi connectivity index (χ0v) is 14.7. The topological polar surface area (TPSA) is 64.1 Å². The van der Waals surface area contributed by atoms with Crippen molar-refractivity contribution in [1.82, 2.24) is 0 Å². The molecule has 0 amide bonds. The Morgan fingerprint density at radius 3 is 2.00 bits per heavy atom. The largest absolute Gasteiger partial charge is 0.399 e. The van der Waals surface area contributed by atoms with Crippen LogP contribution in [0.15, 0.2) is 84.9 Å². The van der Waals surface area contributed by atoms with Crippen molar-refractivity contribution in [3.8, 4) is 0 Å². The van der Waals surface area contributed by atoms with Crippen molar-refractivity contribution in [2.24, 2.45) is 0 Å². The summed E-state index contributed by atoms with van der Waals surface area (Å²) in [5, 5.41) is 10.8. The smallest absolute Gasteiger partial charge is 0.0470 e. The van der Waals surface area contributed by atoms with Crippen LogP contribution in [0.4, 0.5) is 22.7 Å². The molecule has 5 rings (SSSR count). The fraction of sp³-hybridized carbons (Fsp3) is 0. The fourth-order valence-electron chi connectivity index (χ4n) is 3.81. The molecule has 3 heteroatoms. The quantitative estimate of drug-likeness (QED) is 0.206. The van der Waals surface area contributed by atoms with Gasteiger partial charge in [0.15, 0.2) is 0 Å². The van der Waals surface area contributed by atoms with Gasteiger partial charge in [0.25, 0.3) is 0 Å². The average molecular weight is 349 g/mol. The highest BCUT2D eigenvalue weighted by molar-refractivity contribution is 6.17. The van der Waals surface area contributed by atoms with Crippen LogP contribution < -0.4 is 16.8 Å². The third-order valence-electron chi connectivity index (χ3n) is 4.98. The molecule has 5 aromatic carbocycles. The highest BCUT2D eigenvalue weighted by Crippen LogP contribution is 2.35. The number of rotatable bonds is 2. The van der Waals surface area contributed by atoms with Gasteiger partial charge in [-0.15, -0.1) is 0 Å². The monoisotopic (exact) mass is 349 g/mol. The Balaban J connectivity index is 1.78. The van der Waals surface area contributed by atoms with E-state index in [1.165, 1.54) is 32.3 Å². The second-order valence-electron chi connectivity index (χ2n) is 6.90. The molecule has 0 fully saturated rings. The Morgan fingerprint density at radius 1 is 0.556 bits per heavy atom. The lowest BCUT2D eigenvalue weighted by atomic mass is 9.97. The first-order valence-electron chi connectivity index (χ1n) is 8.95. The summed E-state index contributed by atoms with van der Waals surface area (Å²) in [6.45, 7) is 0. The van der Waals surface area contributed by atoms with Gasteiger partial charge in [0.05, 0.1) is 0 Å². The average Bonchev–Trinajstić information content (AvgIpc) is 2.65. The first-order valence-corrected chi connectivity index (χ1v) is 8.95. The molecule has 0 unspecified atom stereocenters. The van der Waals surface area contributed by atoms with Crippen LogP contribution in [0.3, 0.4) is 0 Å². The van der Waals surface area contributed by atoms with Crippen molar-refractivity contribution in [2.75, 3.05) is 16.8 Å². The van der Waals surface area contributed by atoms with Gasteiger partial charge in [-0.05, 0) is 63.3 Å². The summed E-state index contributed by atoms with van der Waals surface area (Å²) in [7, 11) is 0. The summed E-state index contributed by atoms with van der Waals surface area (Å²) in [5.41, 5.74) is 15.1. The van der Waals surface area contributed by atoms with Gasteiger partial charge in [0, 0.05) is 28.1 Å². The second kappa shape index (κ2) is 5.92. The molecule has 5 N–H and O–H groups in total. The van der Waals surface area contributed by atoms with E-state index in [0.29, 0.717) is 11.4 Å². The summed E-state index contributed by atoms with van der Waals surface area (Å²) in [6, 6.07) is 29.2. The molecule has 5 aromatic rings. The Kier molecular flexibility index (Phi) is 3.41. The van der Waals surface area contributed by atoms with E-state index in [0.717, 1.165) is 11.4 Å². The maximum absolute atomic E-state index is 5.96. The number of nitrogens with one attached hydrogen (secondary N) is 1. The molecule has 3 nitrogen and oxygen atoms in total. The van der Waals surface area contributed by atoms with E-state index >= 15 is 0 Å². The second-order valence-corrected chi connectivity index (χ2v) is 6.90. The summed E-state index contributed by atoms with van der Waals surface area (Å²) < 4.78 is 0. The van der Waals surface area contributed by atoms with E-state index in [-0.39, 0.29) is 0 Å². The molecule has 0 aliphatic carbocycles. The SMILES string of the molecule is Nc1cc(N)cc(Nc2cccc3ccc4cc5ccccc5cc4c23)c1. The lowest BCUT2D eigenvalue weighted by Crippen LogP contribution is -1.96. The molecule has 0 saturated heterocycles. The molecule has 130 valence electrons. The number of nitrogens with two attached hydrogens (primary N) is 2. The van der Waals surface area contributed by atoms with E-state index in [4.69, 9.17) is 11.5 Å². The molecule has 0 aliphatic rings. The third-order valence-corrected chi connectivity index (χ3v) is 4.98. The van der Waals surface area contributed by atoms with E-state index < -0.39 is 0 Å². The highest BCUT2D eigenvalue weighted by Gasteiger charge is 2.08. The zero-order chi connectivity index (χ0) is 18.4. The molecule has 0 aromatic heterocycles. The Morgan fingerprint density at radius 2 is 1.22 bits per heavy atom. The number of fused-ring (bicyclic) bond motifs is 4. The van der Waals surface area contributed by atoms with E-state index in [9.17, 15) is 0 Å². The highest BCUT2D eigenvalue weighted by atomic mass is 14.9. The molecule has 0 atom stereocenters. The van der Waals surface area contributed by atoms with Crippen LogP contribution in [-0.2, 0) is 0 Å². The van der Waals surface area contributed by atoms with Gasteiger partial charge in [-0.25, -0.2) is 0 Å². The maximum atomic E-state index is 5.96. The molecule has 0 bridgehead atoms.